The standard InChI is InChI=1S/C21H33N5O3/c1-24-14-19(23-15-24)20(27)22-8-10-26(17-6-11-29-12-7-17)18-3-2-9-25(13-18)21(28)16-4-5-16/h14-18H,2-13H2,1H3,(H,22,27). The molecule has 8 heteroatoms. The van der Waals surface area contributed by atoms with E-state index in [4.69, 9.17) is 4.74 Å². The Hall–Kier alpha value is -1.93. The van der Waals surface area contributed by atoms with Crippen LogP contribution < -0.4 is 5.32 Å². The van der Waals surface area contributed by atoms with E-state index >= 15 is 0 Å². The smallest absolute Gasteiger partial charge is 0.271 e. The molecule has 0 bridgehead atoms. The van der Waals surface area contributed by atoms with E-state index in [-0.39, 0.29) is 11.8 Å². The number of rotatable bonds is 7. The Morgan fingerprint density at radius 2 is 2.00 bits per heavy atom. The van der Waals surface area contributed by atoms with Crippen LogP contribution >= 0.6 is 0 Å². The van der Waals surface area contributed by atoms with Crippen LogP contribution in [0.2, 0.25) is 0 Å². The summed E-state index contributed by atoms with van der Waals surface area (Å²) < 4.78 is 7.34. The molecule has 1 unspecified atom stereocenters. The fourth-order valence-corrected chi connectivity index (χ4v) is 4.61. The van der Waals surface area contributed by atoms with Crippen LogP contribution in [0.1, 0.15) is 49.0 Å². The molecule has 1 atom stereocenters. The summed E-state index contributed by atoms with van der Waals surface area (Å²) in [5.41, 5.74) is 0.448. The quantitative estimate of drug-likeness (QED) is 0.736. The van der Waals surface area contributed by atoms with Gasteiger partial charge in [0, 0.05) is 70.6 Å². The average Bonchev–Trinajstić information content (AvgIpc) is 3.51. The molecule has 8 nitrogen and oxygen atoms in total. The molecule has 3 heterocycles. The van der Waals surface area contributed by atoms with Crippen molar-refractivity contribution < 1.29 is 14.3 Å². The van der Waals surface area contributed by atoms with Crippen molar-refractivity contribution in [3.8, 4) is 0 Å². The molecular formula is C21H33N5O3. The van der Waals surface area contributed by atoms with Gasteiger partial charge in [-0.3, -0.25) is 14.5 Å². The van der Waals surface area contributed by atoms with Gasteiger partial charge in [0.05, 0.1) is 6.33 Å². The van der Waals surface area contributed by atoms with Crippen LogP contribution in [0, 0.1) is 5.92 Å². The lowest BCUT2D eigenvalue weighted by atomic mass is 9.98. The van der Waals surface area contributed by atoms with Gasteiger partial charge in [-0.15, -0.1) is 0 Å². The monoisotopic (exact) mass is 403 g/mol. The largest absolute Gasteiger partial charge is 0.381 e. The third kappa shape index (κ3) is 5.17. The fourth-order valence-electron chi connectivity index (χ4n) is 4.61. The maximum Gasteiger partial charge on any atom is 0.271 e. The molecule has 1 aromatic heterocycles. The van der Waals surface area contributed by atoms with Crippen LogP contribution in [-0.4, -0.2) is 82.6 Å². The zero-order chi connectivity index (χ0) is 20.2. The number of carbonyl (C=O) groups is 2. The molecule has 0 aromatic carbocycles. The van der Waals surface area contributed by atoms with Crippen molar-refractivity contribution in [1.82, 2.24) is 24.7 Å². The highest BCUT2D eigenvalue weighted by molar-refractivity contribution is 5.91. The van der Waals surface area contributed by atoms with Gasteiger partial charge in [0.2, 0.25) is 5.91 Å². The zero-order valence-corrected chi connectivity index (χ0v) is 17.4. The summed E-state index contributed by atoms with van der Waals surface area (Å²) >= 11 is 0. The molecular weight excluding hydrogens is 370 g/mol. The molecule has 3 aliphatic rings. The Morgan fingerprint density at radius 3 is 2.69 bits per heavy atom. The summed E-state index contributed by atoms with van der Waals surface area (Å²) in [7, 11) is 1.86. The number of carbonyl (C=O) groups excluding carboxylic acids is 2. The number of imidazole rings is 1. The summed E-state index contributed by atoms with van der Waals surface area (Å²) in [4.78, 5) is 33.7. The minimum atomic E-state index is -0.133. The molecule has 2 amide bonds. The van der Waals surface area contributed by atoms with Crippen molar-refractivity contribution >= 4 is 11.8 Å². The second kappa shape index (κ2) is 9.26. The number of likely N-dealkylation sites (tertiary alicyclic amines) is 1. The van der Waals surface area contributed by atoms with E-state index in [2.05, 4.69) is 20.1 Å². The van der Waals surface area contributed by atoms with Gasteiger partial charge in [-0.2, -0.15) is 0 Å². The summed E-state index contributed by atoms with van der Waals surface area (Å²) in [5, 5.41) is 3.01. The predicted octanol–water partition coefficient (Wildman–Crippen LogP) is 1.03. The van der Waals surface area contributed by atoms with Crippen LogP contribution in [0.3, 0.4) is 0 Å². The lowest BCUT2D eigenvalue weighted by Crippen LogP contribution is -2.55. The van der Waals surface area contributed by atoms with Crippen molar-refractivity contribution in [2.45, 2.75) is 50.6 Å². The van der Waals surface area contributed by atoms with Gasteiger partial charge < -0.3 is 19.5 Å². The average molecular weight is 404 g/mol. The van der Waals surface area contributed by atoms with E-state index in [1.165, 1.54) is 0 Å². The number of nitrogens with one attached hydrogen (secondary N) is 1. The number of nitrogens with zero attached hydrogens (tertiary/aromatic N) is 4. The van der Waals surface area contributed by atoms with Gasteiger partial charge in [-0.05, 0) is 38.5 Å². The maximum atomic E-state index is 12.6. The fraction of sp³-hybridized carbons (Fsp3) is 0.762. The summed E-state index contributed by atoms with van der Waals surface area (Å²) in [5.74, 6) is 0.500. The van der Waals surface area contributed by atoms with E-state index in [0.717, 1.165) is 71.4 Å². The molecule has 0 radical (unpaired) electrons. The van der Waals surface area contributed by atoms with Crippen molar-refractivity contribution in [3.63, 3.8) is 0 Å². The Morgan fingerprint density at radius 1 is 1.21 bits per heavy atom. The first-order chi connectivity index (χ1) is 14.1. The highest BCUT2D eigenvalue weighted by Gasteiger charge is 2.37. The molecule has 2 aliphatic heterocycles. The second-order valence-corrected chi connectivity index (χ2v) is 8.62. The molecule has 0 spiro atoms. The Balaban J connectivity index is 1.36. The molecule has 1 saturated carbocycles. The number of piperidine rings is 1. The third-order valence-corrected chi connectivity index (χ3v) is 6.36. The number of ether oxygens (including phenoxy) is 1. The molecule has 1 aliphatic carbocycles. The molecule has 29 heavy (non-hydrogen) atoms. The molecule has 3 fully saturated rings. The Labute approximate surface area is 172 Å². The number of hydrogen-bond donors (Lipinski definition) is 1. The van der Waals surface area contributed by atoms with E-state index < -0.39 is 0 Å². The first-order valence-electron chi connectivity index (χ1n) is 11.0. The minimum Gasteiger partial charge on any atom is -0.381 e. The van der Waals surface area contributed by atoms with Gasteiger partial charge >= 0.3 is 0 Å². The van der Waals surface area contributed by atoms with E-state index in [1.54, 1.807) is 17.1 Å². The van der Waals surface area contributed by atoms with Gasteiger partial charge in [0.15, 0.2) is 0 Å². The Bertz CT molecular complexity index is 711. The molecule has 1 aromatic rings. The Kier molecular flexibility index (Phi) is 6.50. The van der Waals surface area contributed by atoms with Crippen LogP contribution in [0.25, 0.3) is 0 Å². The maximum absolute atomic E-state index is 12.6. The third-order valence-electron chi connectivity index (χ3n) is 6.36. The summed E-state index contributed by atoms with van der Waals surface area (Å²) in [6.07, 6.45) is 9.68. The summed E-state index contributed by atoms with van der Waals surface area (Å²) in [6.45, 7) is 4.67. The minimum absolute atomic E-state index is 0.133. The topological polar surface area (TPSA) is 79.7 Å². The van der Waals surface area contributed by atoms with Gasteiger partial charge in [0.25, 0.3) is 5.91 Å². The molecule has 1 N–H and O–H groups in total. The SMILES string of the molecule is Cn1cnc(C(=O)NCCN(C2CCOCC2)C2CCCN(C(=O)C3CC3)C2)c1. The van der Waals surface area contributed by atoms with Crippen molar-refractivity contribution in [2.24, 2.45) is 13.0 Å². The lowest BCUT2D eigenvalue weighted by molar-refractivity contribution is -0.135. The van der Waals surface area contributed by atoms with E-state index in [0.29, 0.717) is 30.2 Å². The first kappa shape index (κ1) is 20.3. The zero-order valence-electron chi connectivity index (χ0n) is 17.4. The molecule has 160 valence electrons. The van der Waals surface area contributed by atoms with Crippen molar-refractivity contribution in [1.29, 1.82) is 0 Å². The predicted molar refractivity (Wildman–Crippen MR) is 108 cm³/mol. The second-order valence-electron chi connectivity index (χ2n) is 8.62. The lowest BCUT2D eigenvalue weighted by Gasteiger charge is -2.44. The van der Waals surface area contributed by atoms with Gasteiger partial charge in [-0.25, -0.2) is 4.98 Å². The van der Waals surface area contributed by atoms with Gasteiger partial charge in [0.1, 0.15) is 5.69 Å². The van der Waals surface area contributed by atoms with Crippen LogP contribution in [0.15, 0.2) is 12.5 Å². The normalized spacial score (nSPS) is 23.4. The van der Waals surface area contributed by atoms with Gasteiger partial charge in [-0.1, -0.05) is 0 Å². The van der Waals surface area contributed by atoms with E-state index in [9.17, 15) is 9.59 Å². The van der Waals surface area contributed by atoms with Crippen LogP contribution in [0.5, 0.6) is 0 Å². The molecule has 2 saturated heterocycles. The number of aromatic nitrogens is 2. The number of aryl methyl sites for hydroxylation is 1. The highest BCUT2D eigenvalue weighted by atomic mass is 16.5. The number of amides is 2. The van der Waals surface area contributed by atoms with Crippen LogP contribution in [0.4, 0.5) is 0 Å². The van der Waals surface area contributed by atoms with Crippen LogP contribution in [-0.2, 0) is 16.6 Å². The summed E-state index contributed by atoms with van der Waals surface area (Å²) in [6, 6.07) is 0.817. The first-order valence-corrected chi connectivity index (χ1v) is 11.0. The highest BCUT2D eigenvalue weighted by Crippen LogP contribution is 2.32. The number of hydrogen-bond acceptors (Lipinski definition) is 5. The molecule has 4 rings (SSSR count). The van der Waals surface area contributed by atoms with E-state index in [1.807, 2.05) is 7.05 Å². The van der Waals surface area contributed by atoms with Crippen molar-refractivity contribution in [3.05, 3.63) is 18.2 Å². The van der Waals surface area contributed by atoms with Crippen molar-refractivity contribution in [2.75, 3.05) is 39.4 Å².